The molecule has 1 saturated heterocycles. The summed E-state index contributed by atoms with van der Waals surface area (Å²) < 4.78 is 3.71. The maximum absolute atomic E-state index is 13.4. The zero-order valence-electron chi connectivity index (χ0n) is 16.8. The van der Waals surface area contributed by atoms with Crippen LogP contribution < -0.4 is 5.32 Å². The number of aromatic nitrogens is 4. The number of nitrogens with zero attached hydrogens (tertiary/aromatic N) is 5. The molecule has 0 saturated carbocycles. The first-order chi connectivity index (χ1) is 14.1. The van der Waals surface area contributed by atoms with Crippen molar-refractivity contribution in [2.45, 2.75) is 45.2 Å². The number of nitrogens with one attached hydrogen (secondary N) is 1. The van der Waals surface area contributed by atoms with Gasteiger partial charge in [-0.05, 0) is 25.0 Å². The number of carbonyl (C=O) groups is 1. The lowest BCUT2D eigenvalue weighted by atomic mass is 10.1. The van der Waals surface area contributed by atoms with Crippen LogP contribution in [0.3, 0.4) is 0 Å². The summed E-state index contributed by atoms with van der Waals surface area (Å²) >= 11 is 6.23. The van der Waals surface area contributed by atoms with Crippen LogP contribution in [0.25, 0.3) is 5.65 Å². The van der Waals surface area contributed by atoms with Crippen LogP contribution in [0, 0.1) is 0 Å². The zero-order valence-corrected chi connectivity index (χ0v) is 17.5. The monoisotopic (exact) mass is 414 g/mol. The van der Waals surface area contributed by atoms with Gasteiger partial charge in [0.15, 0.2) is 5.69 Å². The predicted molar refractivity (Wildman–Crippen MR) is 113 cm³/mol. The minimum atomic E-state index is 0.0184. The molecule has 1 amide bonds. The van der Waals surface area contributed by atoms with Gasteiger partial charge in [0.2, 0.25) is 0 Å². The molecule has 0 radical (unpaired) electrons. The van der Waals surface area contributed by atoms with Gasteiger partial charge >= 0.3 is 0 Å². The fourth-order valence-corrected chi connectivity index (χ4v) is 4.06. The maximum Gasteiger partial charge on any atom is 0.274 e. The van der Waals surface area contributed by atoms with Crippen molar-refractivity contribution in [1.29, 1.82) is 0 Å². The van der Waals surface area contributed by atoms with Crippen molar-refractivity contribution in [2.24, 2.45) is 7.05 Å². The average Bonchev–Trinajstić information content (AvgIpc) is 3.24. The second kappa shape index (κ2) is 8.97. The molecule has 29 heavy (non-hydrogen) atoms. The number of rotatable bonds is 5. The molecule has 0 atom stereocenters. The molecule has 0 unspecified atom stereocenters. The van der Waals surface area contributed by atoms with E-state index in [1.54, 1.807) is 10.7 Å². The van der Waals surface area contributed by atoms with E-state index >= 15 is 0 Å². The van der Waals surface area contributed by atoms with Gasteiger partial charge in [-0.25, -0.2) is 4.98 Å². The van der Waals surface area contributed by atoms with Gasteiger partial charge in [0.25, 0.3) is 5.91 Å². The van der Waals surface area contributed by atoms with E-state index in [0.717, 1.165) is 42.8 Å². The Morgan fingerprint density at radius 2 is 1.86 bits per heavy atom. The van der Waals surface area contributed by atoms with E-state index < -0.39 is 0 Å². The quantitative estimate of drug-likeness (QED) is 0.694. The fourth-order valence-electron chi connectivity index (χ4n) is 3.90. The van der Waals surface area contributed by atoms with Gasteiger partial charge in [0.05, 0.1) is 16.9 Å². The molecule has 0 aliphatic carbocycles. The fraction of sp³-hybridized carbons (Fsp3) is 0.476. The molecule has 1 aliphatic heterocycles. The number of halogens is 1. The van der Waals surface area contributed by atoms with Crippen molar-refractivity contribution in [1.82, 2.24) is 29.4 Å². The number of hydrogen-bond acceptors (Lipinski definition) is 4. The summed E-state index contributed by atoms with van der Waals surface area (Å²) in [5, 5.41) is 8.24. The van der Waals surface area contributed by atoms with Crippen LogP contribution in [0.4, 0.5) is 0 Å². The Morgan fingerprint density at radius 1 is 1.10 bits per heavy atom. The molecule has 0 spiro atoms. The summed E-state index contributed by atoms with van der Waals surface area (Å²) in [7, 11) is 1.90. The number of imidazole rings is 1. The number of aryl methyl sites for hydroxylation is 1. The van der Waals surface area contributed by atoms with E-state index in [2.05, 4.69) is 15.4 Å². The summed E-state index contributed by atoms with van der Waals surface area (Å²) in [6.07, 6.45) is 11.4. The first kappa shape index (κ1) is 19.9. The lowest BCUT2D eigenvalue weighted by Gasteiger charge is -2.24. The second-order valence-electron chi connectivity index (χ2n) is 7.67. The number of likely N-dealkylation sites (tertiary alicyclic amines) is 1. The van der Waals surface area contributed by atoms with Crippen LogP contribution in [-0.2, 0) is 20.1 Å². The van der Waals surface area contributed by atoms with Crippen LogP contribution in [0.5, 0.6) is 0 Å². The van der Waals surface area contributed by atoms with E-state index in [9.17, 15) is 4.79 Å². The number of carbonyl (C=O) groups excluding carboxylic acids is 1. The molecule has 0 aromatic carbocycles. The Hall–Kier alpha value is -2.38. The Bertz CT molecular complexity index is 986. The largest absolute Gasteiger partial charge is 0.337 e. The lowest BCUT2D eigenvalue weighted by molar-refractivity contribution is 0.0735. The van der Waals surface area contributed by atoms with Gasteiger partial charge in [-0.15, -0.1) is 0 Å². The van der Waals surface area contributed by atoms with Gasteiger partial charge in [0, 0.05) is 51.2 Å². The average molecular weight is 415 g/mol. The smallest absolute Gasteiger partial charge is 0.274 e. The third kappa shape index (κ3) is 4.62. The molecule has 1 fully saturated rings. The molecule has 154 valence electrons. The van der Waals surface area contributed by atoms with Crippen LogP contribution >= 0.6 is 11.6 Å². The van der Waals surface area contributed by atoms with Crippen molar-refractivity contribution >= 4 is 23.2 Å². The Kier molecular flexibility index (Phi) is 6.16. The highest BCUT2D eigenvalue weighted by atomic mass is 35.5. The Morgan fingerprint density at radius 3 is 2.59 bits per heavy atom. The molecule has 0 bridgehead atoms. The molecule has 1 aliphatic rings. The van der Waals surface area contributed by atoms with Crippen LogP contribution in [0.1, 0.15) is 53.8 Å². The third-order valence-electron chi connectivity index (χ3n) is 5.41. The normalized spacial score (nSPS) is 15.4. The molecule has 1 N–H and O–H groups in total. The first-order valence-corrected chi connectivity index (χ1v) is 10.6. The van der Waals surface area contributed by atoms with E-state index in [-0.39, 0.29) is 5.91 Å². The van der Waals surface area contributed by atoms with Crippen molar-refractivity contribution < 1.29 is 4.79 Å². The Labute approximate surface area is 175 Å². The van der Waals surface area contributed by atoms with Gasteiger partial charge in [-0.1, -0.05) is 30.9 Å². The van der Waals surface area contributed by atoms with Crippen molar-refractivity contribution in [3.05, 3.63) is 52.7 Å². The number of amides is 1. The standard InChI is InChI=1S/C21H27ClN6O/c1-26-14-16(12-24-26)11-23-13-18-20(25-19-8-7-17(22)15-28(18)19)21(29)27-9-5-3-2-4-6-10-27/h7-8,12,14-15,23H,2-6,9-11,13H2,1H3. The highest BCUT2D eigenvalue weighted by molar-refractivity contribution is 6.30. The van der Waals surface area contributed by atoms with Gasteiger partial charge in [-0.3, -0.25) is 9.48 Å². The molecule has 4 rings (SSSR count). The number of hydrogen-bond donors (Lipinski definition) is 1. The highest BCUT2D eigenvalue weighted by Crippen LogP contribution is 2.20. The molecule has 8 heteroatoms. The molecule has 3 aromatic rings. The molecule has 3 aromatic heterocycles. The Balaban J connectivity index is 1.59. The summed E-state index contributed by atoms with van der Waals surface area (Å²) in [6, 6.07) is 3.66. The van der Waals surface area contributed by atoms with E-state index in [4.69, 9.17) is 11.6 Å². The summed E-state index contributed by atoms with van der Waals surface area (Å²) in [5.74, 6) is 0.0184. The van der Waals surface area contributed by atoms with Gasteiger partial charge < -0.3 is 14.6 Å². The lowest BCUT2D eigenvalue weighted by Crippen LogP contribution is -2.35. The third-order valence-corrected chi connectivity index (χ3v) is 5.63. The van der Waals surface area contributed by atoms with Crippen molar-refractivity contribution in [2.75, 3.05) is 13.1 Å². The topological polar surface area (TPSA) is 67.5 Å². The summed E-state index contributed by atoms with van der Waals surface area (Å²) in [6.45, 7) is 2.79. The molecule has 7 nitrogen and oxygen atoms in total. The predicted octanol–water partition coefficient (Wildman–Crippen LogP) is 3.42. The molecular formula is C21H27ClN6O. The van der Waals surface area contributed by atoms with Crippen molar-refractivity contribution in [3.8, 4) is 0 Å². The van der Waals surface area contributed by atoms with Gasteiger partial charge in [-0.2, -0.15) is 5.10 Å². The highest BCUT2D eigenvalue weighted by Gasteiger charge is 2.24. The van der Waals surface area contributed by atoms with Crippen molar-refractivity contribution in [3.63, 3.8) is 0 Å². The van der Waals surface area contributed by atoms with E-state index in [0.29, 0.717) is 23.8 Å². The van der Waals surface area contributed by atoms with Crippen LogP contribution in [0.2, 0.25) is 5.02 Å². The SMILES string of the molecule is Cn1cc(CNCc2c(C(=O)N3CCCCCCC3)nc3ccc(Cl)cn23)cn1. The first-order valence-electron chi connectivity index (χ1n) is 10.3. The van der Waals surface area contributed by atoms with E-state index in [1.807, 2.05) is 41.0 Å². The second-order valence-corrected chi connectivity index (χ2v) is 8.10. The summed E-state index contributed by atoms with van der Waals surface area (Å²) in [4.78, 5) is 20.0. The molecular weight excluding hydrogens is 388 g/mol. The minimum Gasteiger partial charge on any atom is -0.337 e. The summed E-state index contributed by atoms with van der Waals surface area (Å²) in [5.41, 5.74) is 3.20. The number of pyridine rings is 1. The van der Waals surface area contributed by atoms with Gasteiger partial charge in [0.1, 0.15) is 5.65 Å². The van der Waals surface area contributed by atoms with E-state index in [1.165, 1.54) is 19.3 Å². The molecule has 4 heterocycles. The minimum absolute atomic E-state index is 0.0184. The van der Waals surface area contributed by atoms with Crippen LogP contribution in [-0.4, -0.2) is 43.1 Å². The van der Waals surface area contributed by atoms with Crippen LogP contribution in [0.15, 0.2) is 30.7 Å². The maximum atomic E-state index is 13.4. The number of fused-ring (bicyclic) bond motifs is 1. The zero-order chi connectivity index (χ0) is 20.2.